The Morgan fingerprint density at radius 2 is 1.00 bits per heavy atom. The summed E-state index contributed by atoms with van der Waals surface area (Å²) in [5.74, 6) is 0.574. The molecule has 0 radical (unpaired) electrons. The van der Waals surface area contributed by atoms with Crippen LogP contribution in [0.3, 0.4) is 0 Å². The van der Waals surface area contributed by atoms with E-state index in [-0.39, 0.29) is 126 Å². The Morgan fingerprint density at radius 3 is 1.47 bits per heavy atom. The second kappa shape index (κ2) is 16.7. The van der Waals surface area contributed by atoms with Crippen LogP contribution in [0.25, 0.3) is 0 Å². The Kier molecular flexibility index (Phi) is 12.1. The number of ketones is 4. The van der Waals surface area contributed by atoms with E-state index in [1.807, 2.05) is 12.2 Å². The fourth-order valence-electron chi connectivity index (χ4n) is 20.6. The quantitative estimate of drug-likeness (QED) is 0.196. The van der Waals surface area contributed by atoms with E-state index in [9.17, 15) is 28.8 Å². The van der Waals surface area contributed by atoms with E-state index in [0.717, 1.165) is 89.9 Å². The van der Waals surface area contributed by atoms with Gasteiger partial charge in [0.15, 0.2) is 23.1 Å². The van der Waals surface area contributed by atoms with Crippen LogP contribution in [0.5, 0.6) is 0 Å². The lowest BCUT2D eigenvalue weighted by Gasteiger charge is -2.69. The summed E-state index contributed by atoms with van der Waals surface area (Å²) in [5, 5.41) is 0. The van der Waals surface area contributed by atoms with Gasteiger partial charge in [0.1, 0.15) is 12.2 Å². The van der Waals surface area contributed by atoms with Crippen molar-refractivity contribution in [2.75, 3.05) is 14.2 Å². The van der Waals surface area contributed by atoms with E-state index in [4.69, 9.17) is 17.0 Å². The molecule has 16 atom stereocenters. The average Bonchev–Trinajstić information content (AvgIpc) is 4.17. The predicted octanol–water partition coefficient (Wildman–Crippen LogP) is 13.5. The number of fused-ring (bicyclic) bond motifs is 16. The number of hydrogen-bond acceptors (Lipinski definition) is 9. The average molecular weight is 1010 g/mol. The van der Waals surface area contributed by atoms with E-state index in [0.29, 0.717) is 0 Å². The van der Waals surface area contributed by atoms with Gasteiger partial charge in [-0.1, -0.05) is 129 Å². The van der Waals surface area contributed by atoms with Gasteiger partial charge >= 0.3 is 11.9 Å². The van der Waals surface area contributed by atoms with E-state index in [1.54, 1.807) is 6.08 Å². The Balaban J connectivity index is 0.000000187. The summed E-state index contributed by atoms with van der Waals surface area (Å²) >= 11 is 0. The van der Waals surface area contributed by atoms with Gasteiger partial charge in [0.05, 0.1) is 25.0 Å². The van der Waals surface area contributed by atoms with Crippen LogP contribution < -0.4 is 0 Å². The van der Waals surface area contributed by atoms with Crippen molar-refractivity contribution in [3.8, 4) is 0 Å². The molecule has 9 nitrogen and oxygen atoms in total. The molecule has 0 aromatic rings. The molecule has 73 heavy (non-hydrogen) atoms. The molecule has 11 rings (SSSR count). The van der Waals surface area contributed by atoms with E-state index in [2.05, 4.69) is 103 Å². The maximum atomic E-state index is 14.4. The number of allylic oxidation sites excluding steroid dienone is 5. The Bertz CT molecular complexity index is 2520. The van der Waals surface area contributed by atoms with Crippen molar-refractivity contribution in [3.05, 3.63) is 35.5 Å². The van der Waals surface area contributed by atoms with Gasteiger partial charge < -0.3 is 14.2 Å². The molecule has 7 saturated carbocycles. The van der Waals surface area contributed by atoms with Crippen LogP contribution in [0, 0.1) is 100 Å². The molecule has 0 bridgehead atoms. The first kappa shape index (κ1) is 53.2. The van der Waals surface area contributed by atoms with Crippen LogP contribution in [0.4, 0.5) is 0 Å². The summed E-state index contributed by atoms with van der Waals surface area (Å²) in [4.78, 5) is 81.4. The molecule has 10 aliphatic carbocycles. The highest BCUT2D eigenvalue weighted by Gasteiger charge is 2.77. The van der Waals surface area contributed by atoms with E-state index in [1.165, 1.54) is 40.2 Å². The summed E-state index contributed by atoms with van der Waals surface area (Å²) < 4.78 is 28.4. The number of esters is 2. The van der Waals surface area contributed by atoms with Crippen LogP contribution in [0.15, 0.2) is 35.5 Å². The molecule has 1 aliphatic heterocycles. The molecule has 0 spiro atoms. The Labute approximate surface area is 443 Å². The summed E-state index contributed by atoms with van der Waals surface area (Å²) in [5.41, 5.74) is -0.779. The number of carbonyl (C=O) groups is 6. The molecule has 0 aromatic heterocycles. The zero-order valence-electron chi connectivity index (χ0n) is 50.5. The first-order chi connectivity index (χ1) is 34.7. The number of ether oxygens (including phenoxy) is 3. The summed E-state index contributed by atoms with van der Waals surface area (Å²) in [6.45, 7) is 31.5. The number of methoxy groups -OCH3 is 2. The van der Waals surface area contributed by atoms with Crippen molar-refractivity contribution in [2.45, 2.75) is 214 Å². The van der Waals surface area contributed by atoms with E-state index < -0.39 is 21.7 Å². The Morgan fingerprint density at radius 1 is 0.575 bits per heavy atom. The van der Waals surface area contributed by atoms with Crippen LogP contribution in [-0.2, 0) is 43.0 Å². The molecular formula is C64H96O9. The minimum atomic E-state index is -0.559. The summed E-state index contributed by atoms with van der Waals surface area (Å²) in [7, 11) is 5.51. The monoisotopic (exact) mass is 1010 g/mol. The number of hydrogen-bond donors (Lipinski definition) is 0. The number of epoxide rings is 1. The summed E-state index contributed by atoms with van der Waals surface area (Å²) in [6.07, 6.45) is 19.9. The Hall–Kier alpha value is -3.20. The third-order valence-corrected chi connectivity index (χ3v) is 25.3. The molecule has 0 aromatic carbocycles. The molecule has 11 aliphatic rings. The maximum Gasteiger partial charge on any atom is 0.312 e. The lowest BCUT2D eigenvalue weighted by Crippen LogP contribution is -2.67. The van der Waals surface area contributed by atoms with Crippen molar-refractivity contribution < 1.29 is 45.7 Å². The van der Waals surface area contributed by atoms with Gasteiger partial charge in [-0.15, -0.1) is 0 Å². The van der Waals surface area contributed by atoms with Crippen molar-refractivity contribution in [2.24, 2.45) is 100 Å². The smallest absolute Gasteiger partial charge is 0.312 e. The molecule has 406 valence electrons. The number of carbonyl (C=O) groups excluding carboxylic acids is 6. The lowest BCUT2D eigenvalue weighted by atomic mass is 9.34. The molecule has 0 amide bonds. The van der Waals surface area contributed by atoms with E-state index >= 15 is 0 Å². The highest BCUT2D eigenvalue weighted by atomic mass is 16.6. The van der Waals surface area contributed by atoms with Gasteiger partial charge in [-0.3, -0.25) is 28.8 Å². The third kappa shape index (κ3) is 6.91. The number of rotatable bonds is 2. The lowest BCUT2D eigenvalue weighted by molar-refractivity contribution is -0.193. The molecule has 0 unspecified atom stereocenters. The van der Waals surface area contributed by atoms with Gasteiger partial charge in [0.2, 0.25) is 0 Å². The van der Waals surface area contributed by atoms with Gasteiger partial charge in [-0.25, -0.2) is 0 Å². The van der Waals surface area contributed by atoms with Gasteiger partial charge in [-0.2, -0.15) is 0 Å². The standard InChI is InChI=1S/C31H44O5.C31H44O4.2CH4/c1-26(2)11-13-31(25(34)35-8)14-12-29(6)21(17(31)16-26)18(32)15-20-28(29,5)10-9-19-27(3,4)23(33)22-24(36-22)30(19,20)7;1-26(2)13-15-31(25(34)35-8)16-14-30(7)24(19(31)18-26)20(32)17-22-28(5)11-10-23(33)27(3,4)21(28)9-12-29(22,30)6;;/h15,17,19,21-22,24H,9-14,16H2,1-8H3;10-11,17,19,21,24H,9,12-16,18H2,1-8H3;2*1H4/t17-,19-,21-,22-,24-,28+,29+,30-,31-;19-,21-,24-,28-,29+,30+,31-;;/m00../s1/i;;2*1T. The second-order valence-electron chi connectivity index (χ2n) is 29.9. The predicted molar refractivity (Wildman–Crippen MR) is 286 cm³/mol. The summed E-state index contributed by atoms with van der Waals surface area (Å²) in [6, 6.07) is 0. The van der Waals surface area contributed by atoms with Gasteiger partial charge in [0.25, 0.3) is 0 Å². The first-order valence-corrected chi connectivity index (χ1v) is 27.8. The van der Waals surface area contributed by atoms with Gasteiger partial charge in [-0.05, 0) is 164 Å². The zero-order chi connectivity index (χ0) is 56.1. The molecular weight excluding hydrogens is 913 g/mol. The first-order valence-electron chi connectivity index (χ1n) is 29.8. The van der Waals surface area contributed by atoms with Crippen LogP contribution >= 0.6 is 0 Å². The largest absolute Gasteiger partial charge is 0.469 e. The highest BCUT2D eigenvalue weighted by molar-refractivity contribution is 5.99. The molecule has 9 heteroatoms. The number of Topliss-reactive ketones (excluding diaryl/α,β-unsaturated/α-hetero) is 1. The minimum absolute atomic E-state index is 0.00465. The fraction of sp³-hybridized carbons (Fsp3) is 0.812. The van der Waals surface area contributed by atoms with Crippen molar-refractivity contribution >= 4 is 35.1 Å². The van der Waals surface area contributed by atoms with Crippen LogP contribution in [0.2, 0.25) is 0 Å². The topological polar surface area (TPSA) is 133 Å². The SMILES string of the molecule is COC(=O)[C@]12CCC(C)(C)C[C@H]1[C@H]1C(=O)C=C3[C@@]4(C)C=CC(=O)C(C)(C)[C@@H]4CC[C@@]3(C)[C@]1(C)CC2.COC(=O)[C@]12CCC(C)(C)C[C@H]1[C@H]1C(=O)C=C3[C@@]4(C)[C@H]5O[C@H]5C(=O)C(C)(C)[C@@H]4CC[C@@]3(C)[C@]1(C)CC2.[3H]C.[3H]C. The van der Waals surface area contributed by atoms with Crippen molar-refractivity contribution in [3.63, 3.8) is 0 Å². The van der Waals surface area contributed by atoms with Crippen molar-refractivity contribution in [1.82, 2.24) is 0 Å². The highest BCUT2D eigenvalue weighted by Crippen LogP contribution is 2.78. The molecule has 8 fully saturated rings. The molecule has 0 N–H and O–H groups in total. The fourth-order valence-corrected chi connectivity index (χ4v) is 20.6. The van der Waals surface area contributed by atoms with Crippen LogP contribution in [-0.4, -0.2) is 61.5 Å². The zero-order valence-corrected chi connectivity index (χ0v) is 48.5. The minimum Gasteiger partial charge on any atom is -0.469 e. The normalized spacial score (nSPS) is 48.6. The second-order valence-corrected chi connectivity index (χ2v) is 29.9. The van der Waals surface area contributed by atoms with Crippen molar-refractivity contribution in [1.29, 1.82) is 0 Å². The molecule has 1 saturated heterocycles. The molecule has 1 heterocycles. The third-order valence-electron chi connectivity index (χ3n) is 25.3. The van der Waals surface area contributed by atoms with Gasteiger partial charge in [0, 0.05) is 36.2 Å². The maximum absolute atomic E-state index is 14.4. The van der Waals surface area contributed by atoms with Crippen LogP contribution in [0.1, 0.15) is 204 Å².